The van der Waals surface area contributed by atoms with Crippen LogP contribution in [0.15, 0.2) is 88.0 Å². The number of carbonyl (C=O) groups excluding carboxylic acids is 1. The number of tetrazole rings is 1. The second-order valence-corrected chi connectivity index (χ2v) is 7.73. The summed E-state index contributed by atoms with van der Waals surface area (Å²) in [5.41, 5.74) is 3.34. The van der Waals surface area contributed by atoms with E-state index in [1.807, 2.05) is 72.8 Å². The summed E-state index contributed by atoms with van der Waals surface area (Å²) in [5, 5.41) is 17.8. The molecule has 0 atom stereocenters. The molecule has 0 radical (unpaired) electrons. The zero-order valence-electron chi connectivity index (χ0n) is 16.4. The highest BCUT2D eigenvalue weighted by Gasteiger charge is 2.26. The average molecular weight is 488 g/mol. The summed E-state index contributed by atoms with van der Waals surface area (Å²) in [5.74, 6) is 1.37. The summed E-state index contributed by atoms with van der Waals surface area (Å²) in [6.45, 7) is 0. The van der Waals surface area contributed by atoms with E-state index in [9.17, 15) is 4.79 Å². The van der Waals surface area contributed by atoms with E-state index < -0.39 is 5.97 Å². The van der Waals surface area contributed by atoms with E-state index in [0.717, 1.165) is 21.2 Å². The Morgan fingerprint density at radius 3 is 2.38 bits per heavy atom. The van der Waals surface area contributed by atoms with Gasteiger partial charge in [0.25, 0.3) is 0 Å². The minimum Gasteiger partial charge on any atom is -0.457 e. The highest BCUT2D eigenvalue weighted by Crippen LogP contribution is 2.26. The molecule has 1 aromatic heterocycles. The second-order valence-electron chi connectivity index (χ2n) is 6.82. The first-order chi connectivity index (χ1) is 15.7. The maximum atomic E-state index is 12.2. The van der Waals surface area contributed by atoms with Crippen LogP contribution in [0.25, 0.3) is 17.5 Å². The number of nitrogens with one attached hydrogen (secondary N) is 1. The van der Waals surface area contributed by atoms with Crippen LogP contribution < -0.4 is 4.74 Å². The SMILES string of the molecule is O=C1ON=C(c2cccc(Br)c2)/C1=C/c1ccc(Oc2ccc(-c3nn[nH]n3)cc2)cc1. The summed E-state index contributed by atoms with van der Waals surface area (Å²) in [7, 11) is 0. The summed E-state index contributed by atoms with van der Waals surface area (Å²) in [4.78, 5) is 17.1. The van der Waals surface area contributed by atoms with Crippen molar-refractivity contribution in [1.82, 2.24) is 20.6 Å². The van der Waals surface area contributed by atoms with Gasteiger partial charge in [0.1, 0.15) is 17.2 Å². The number of nitrogens with zero attached hydrogens (tertiary/aromatic N) is 4. The Morgan fingerprint density at radius 1 is 0.938 bits per heavy atom. The summed E-state index contributed by atoms with van der Waals surface area (Å²) in [6, 6.07) is 22.3. The van der Waals surface area contributed by atoms with E-state index in [1.54, 1.807) is 6.08 Å². The lowest BCUT2D eigenvalue weighted by Crippen LogP contribution is -2.06. The van der Waals surface area contributed by atoms with Crippen LogP contribution in [0.3, 0.4) is 0 Å². The van der Waals surface area contributed by atoms with Gasteiger partial charge in [-0.3, -0.25) is 0 Å². The molecule has 5 rings (SSSR count). The zero-order valence-corrected chi connectivity index (χ0v) is 18.0. The van der Waals surface area contributed by atoms with Crippen LogP contribution in [0.5, 0.6) is 11.5 Å². The number of hydrogen-bond donors (Lipinski definition) is 1. The molecule has 9 heteroatoms. The topological polar surface area (TPSA) is 102 Å². The third kappa shape index (κ3) is 4.19. The van der Waals surface area contributed by atoms with Gasteiger partial charge >= 0.3 is 5.97 Å². The minimum atomic E-state index is -0.484. The van der Waals surface area contributed by atoms with Crippen molar-refractivity contribution in [3.63, 3.8) is 0 Å². The average Bonchev–Trinajstić information content (AvgIpc) is 3.47. The van der Waals surface area contributed by atoms with Crippen molar-refractivity contribution in [2.75, 3.05) is 0 Å². The quantitative estimate of drug-likeness (QED) is 0.321. The number of rotatable bonds is 5. The highest BCUT2D eigenvalue weighted by molar-refractivity contribution is 9.10. The van der Waals surface area contributed by atoms with Gasteiger partial charge in [-0.15, -0.1) is 10.2 Å². The lowest BCUT2D eigenvalue weighted by molar-refractivity contribution is -0.136. The third-order valence-corrected chi connectivity index (χ3v) is 5.17. The standard InChI is InChI=1S/C23H14BrN5O3/c24-17-3-1-2-16(13-17)21-20(23(30)32-27-21)12-14-4-8-18(9-5-14)31-19-10-6-15(7-11-19)22-25-28-29-26-22/h1-13H,(H,25,26,28,29)/b20-12-. The largest absolute Gasteiger partial charge is 0.457 e. The van der Waals surface area contributed by atoms with Crippen molar-refractivity contribution in [3.8, 4) is 22.9 Å². The van der Waals surface area contributed by atoms with Crippen LogP contribution >= 0.6 is 15.9 Å². The number of aromatic amines is 1. The molecule has 3 aromatic carbocycles. The first kappa shape index (κ1) is 19.8. The van der Waals surface area contributed by atoms with Crippen LogP contribution in [-0.4, -0.2) is 32.3 Å². The van der Waals surface area contributed by atoms with Gasteiger partial charge in [0.2, 0.25) is 5.82 Å². The van der Waals surface area contributed by atoms with Crippen molar-refractivity contribution in [2.45, 2.75) is 0 Å². The van der Waals surface area contributed by atoms with Gasteiger partial charge in [-0.05, 0) is 65.4 Å². The van der Waals surface area contributed by atoms with Gasteiger partial charge in [-0.25, -0.2) is 4.79 Å². The summed E-state index contributed by atoms with van der Waals surface area (Å²) >= 11 is 3.44. The molecule has 0 saturated carbocycles. The molecule has 8 nitrogen and oxygen atoms in total. The van der Waals surface area contributed by atoms with Gasteiger partial charge < -0.3 is 9.57 Å². The lowest BCUT2D eigenvalue weighted by Gasteiger charge is -2.07. The van der Waals surface area contributed by atoms with Crippen molar-refractivity contribution >= 4 is 33.7 Å². The summed E-state index contributed by atoms with van der Waals surface area (Å²) in [6.07, 6.45) is 1.75. The fourth-order valence-electron chi connectivity index (χ4n) is 3.14. The predicted octanol–water partition coefficient (Wildman–Crippen LogP) is 4.77. The van der Waals surface area contributed by atoms with Crippen molar-refractivity contribution in [3.05, 3.63) is 94.0 Å². The molecule has 32 heavy (non-hydrogen) atoms. The molecule has 1 aliphatic rings. The first-order valence-electron chi connectivity index (χ1n) is 9.55. The normalized spacial score (nSPS) is 14.3. The summed E-state index contributed by atoms with van der Waals surface area (Å²) < 4.78 is 6.79. The van der Waals surface area contributed by atoms with Crippen LogP contribution in [-0.2, 0) is 9.63 Å². The molecule has 0 bridgehead atoms. The highest BCUT2D eigenvalue weighted by atomic mass is 79.9. The lowest BCUT2D eigenvalue weighted by atomic mass is 10.0. The van der Waals surface area contributed by atoms with Crippen LogP contribution in [0, 0.1) is 0 Å². The molecule has 0 aliphatic carbocycles. The van der Waals surface area contributed by atoms with Crippen molar-refractivity contribution < 1.29 is 14.4 Å². The van der Waals surface area contributed by atoms with E-state index >= 15 is 0 Å². The molecule has 0 amide bonds. The van der Waals surface area contributed by atoms with Gasteiger partial charge in [0.15, 0.2) is 0 Å². The Kier molecular flexibility index (Phi) is 5.30. The Hall–Kier alpha value is -4.11. The zero-order chi connectivity index (χ0) is 21.9. The fourth-order valence-corrected chi connectivity index (χ4v) is 3.54. The number of aromatic nitrogens is 4. The Bertz CT molecular complexity index is 1330. The molecule has 156 valence electrons. The van der Waals surface area contributed by atoms with Crippen LogP contribution in [0.1, 0.15) is 11.1 Å². The van der Waals surface area contributed by atoms with Gasteiger partial charge in [-0.2, -0.15) is 5.21 Å². The van der Waals surface area contributed by atoms with Crippen LogP contribution in [0.4, 0.5) is 0 Å². The molecule has 1 N–H and O–H groups in total. The van der Waals surface area contributed by atoms with E-state index in [2.05, 4.69) is 41.7 Å². The molecule has 0 saturated heterocycles. The third-order valence-electron chi connectivity index (χ3n) is 4.68. The minimum absolute atomic E-state index is 0.397. The predicted molar refractivity (Wildman–Crippen MR) is 121 cm³/mol. The van der Waals surface area contributed by atoms with Gasteiger partial charge in [-0.1, -0.05) is 45.4 Å². The van der Waals surface area contributed by atoms with E-state index in [1.165, 1.54) is 0 Å². The molecule has 0 spiro atoms. The number of oxime groups is 1. The number of halogens is 1. The molecule has 0 fully saturated rings. The smallest absolute Gasteiger partial charge is 0.368 e. The molecule has 0 unspecified atom stereocenters. The molecule has 1 aliphatic heterocycles. The maximum absolute atomic E-state index is 12.2. The van der Waals surface area contributed by atoms with Crippen molar-refractivity contribution in [2.24, 2.45) is 5.16 Å². The maximum Gasteiger partial charge on any atom is 0.368 e. The molecule has 2 heterocycles. The van der Waals surface area contributed by atoms with Crippen LogP contribution in [0.2, 0.25) is 0 Å². The first-order valence-corrected chi connectivity index (χ1v) is 10.3. The Morgan fingerprint density at radius 2 is 1.69 bits per heavy atom. The molecule has 4 aromatic rings. The number of carbonyl (C=O) groups is 1. The van der Waals surface area contributed by atoms with E-state index in [-0.39, 0.29) is 0 Å². The van der Waals surface area contributed by atoms with Gasteiger partial charge in [0.05, 0.1) is 5.57 Å². The molecular weight excluding hydrogens is 474 g/mol. The number of ether oxygens (including phenoxy) is 1. The van der Waals surface area contributed by atoms with E-state index in [4.69, 9.17) is 9.57 Å². The molecular formula is C23H14BrN5O3. The number of benzene rings is 3. The monoisotopic (exact) mass is 487 g/mol. The van der Waals surface area contributed by atoms with E-state index in [0.29, 0.717) is 28.6 Å². The number of hydrogen-bond acceptors (Lipinski definition) is 7. The van der Waals surface area contributed by atoms with Gasteiger partial charge in [0, 0.05) is 15.6 Å². The Labute approximate surface area is 190 Å². The fraction of sp³-hybridized carbons (Fsp3) is 0. The second kappa shape index (κ2) is 8.56. The Balaban J connectivity index is 1.32. The van der Waals surface area contributed by atoms with Crippen molar-refractivity contribution in [1.29, 1.82) is 0 Å². The number of H-pyrrole nitrogens is 1.